The number of hydrogen-bond donors (Lipinski definition) is 1. The van der Waals surface area contributed by atoms with Crippen molar-refractivity contribution in [1.29, 1.82) is 0 Å². The number of phenolic OH excluding ortho intramolecular Hbond substituents is 1. The molecule has 0 fully saturated rings. The molecule has 1 aromatic rings. The predicted molar refractivity (Wildman–Crippen MR) is 57.5 cm³/mol. The fourth-order valence-corrected chi connectivity index (χ4v) is 1.10. The smallest absolute Gasteiger partial charge is 0.116 e. The second kappa shape index (κ2) is 3.48. The van der Waals surface area contributed by atoms with E-state index in [1.807, 2.05) is 19.9 Å². The first-order chi connectivity index (χ1) is 6.00. The topological polar surface area (TPSA) is 20.2 Å². The van der Waals surface area contributed by atoms with E-state index in [1.54, 1.807) is 12.1 Å². The fourth-order valence-electron chi connectivity index (χ4n) is 1.10. The molecule has 0 radical (unpaired) electrons. The van der Waals surface area contributed by atoms with E-state index in [0.717, 1.165) is 22.3 Å². The van der Waals surface area contributed by atoms with Crippen LogP contribution in [0.25, 0.3) is 11.1 Å². The third-order valence-corrected chi connectivity index (χ3v) is 1.90. The minimum Gasteiger partial charge on any atom is -0.508 e. The van der Waals surface area contributed by atoms with Crippen molar-refractivity contribution in [3.05, 3.63) is 42.5 Å². The summed E-state index contributed by atoms with van der Waals surface area (Å²) >= 11 is 0. The van der Waals surface area contributed by atoms with Gasteiger partial charge in [-0.2, -0.15) is 0 Å². The third kappa shape index (κ3) is 2.22. The molecule has 68 valence electrons. The van der Waals surface area contributed by atoms with Gasteiger partial charge < -0.3 is 5.11 Å². The Morgan fingerprint density at radius 1 is 1.00 bits per heavy atom. The van der Waals surface area contributed by atoms with Crippen molar-refractivity contribution in [3.63, 3.8) is 0 Å². The molecule has 13 heavy (non-hydrogen) atoms. The molecule has 0 atom stereocenters. The number of aromatic hydroxyl groups is 1. The molecule has 0 amide bonds. The molecule has 0 aromatic heterocycles. The maximum atomic E-state index is 9.41. The number of hydrogen-bond acceptors (Lipinski definition) is 1. The van der Waals surface area contributed by atoms with Crippen LogP contribution in [0.1, 0.15) is 25.0 Å². The minimum atomic E-state index is 0.263. The van der Waals surface area contributed by atoms with Gasteiger partial charge in [-0.15, -0.1) is 0 Å². The van der Waals surface area contributed by atoms with Crippen LogP contribution in [0, 0.1) is 0 Å². The summed E-state index contributed by atoms with van der Waals surface area (Å²) in [5.41, 5.74) is 3.80. The number of rotatable bonds is 2. The minimum absolute atomic E-state index is 0.263. The van der Waals surface area contributed by atoms with E-state index in [2.05, 4.69) is 13.2 Å². The Hall–Kier alpha value is -1.50. The van der Waals surface area contributed by atoms with Gasteiger partial charge in [0, 0.05) is 0 Å². The van der Waals surface area contributed by atoms with Gasteiger partial charge in [-0.1, -0.05) is 24.3 Å². The second-order valence-electron chi connectivity index (χ2n) is 3.33. The van der Waals surface area contributed by atoms with Gasteiger partial charge in [0.25, 0.3) is 0 Å². The van der Waals surface area contributed by atoms with Gasteiger partial charge in [-0.05, 0) is 43.2 Å². The van der Waals surface area contributed by atoms with Crippen LogP contribution < -0.4 is 0 Å². The monoisotopic (exact) mass is 174 g/mol. The SMILES string of the molecule is C=C(C)c1cc(O)cc(C(=C)C)c1. The van der Waals surface area contributed by atoms with Crippen LogP contribution in [0.5, 0.6) is 5.75 Å². The van der Waals surface area contributed by atoms with E-state index in [-0.39, 0.29) is 5.75 Å². The summed E-state index contributed by atoms with van der Waals surface area (Å²) in [6, 6.07) is 5.38. The van der Waals surface area contributed by atoms with E-state index in [9.17, 15) is 5.11 Å². The summed E-state index contributed by atoms with van der Waals surface area (Å²) in [5, 5.41) is 9.41. The summed E-state index contributed by atoms with van der Waals surface area (Å²) in [5.74, 6) is 0.263. The highest BCUT2D eigenvalue weighted by molar-refractivity contribution is 5.70. The Balaban J connectivity index is 3.26. The van der Waals surface area contributed by atoms with Crippen molar-refractivity contribution in [1.82, 2.24) is 0 Å². The van der Waals surface area contributed by atoms with Gasteiger partial charge in [0.1, 0.15) is 5.75 Å². The van der Waals surface area contributed by atoms with Gasteiger partial charge in [0.2, 0.25) is 0 Å². The maximum Gasteiger partial charge on any atom is 0.116 e. The van der Waals surface area contributed by atoms with Crippen molar-refractivity contribution in [3.8, 4) is 5.75 Å². The number of allylic oxidation sites excluding steroid dienone is 2. The van der Waals surface area contributed by atoms with E-state index in [1.165, 1.54) is 0 Å². The summed E-state index contributed by atoms with van der Waals surface area (Å²) in [6.45, 7) is 11.5. The highest BCUT2D eigenvalue weighted by Gasteiger charge is 2.00. The molecular formula is C12H14O. The van der Waals surface area contributed by atoms with E-state index < -0.39 is 0 Å². The first-order valence-electron chi connectivity index (χ1n) is 4.16. The fraction of sp³-hybridized carbons (Fsp3) is 0.167. The van der Waals surface area contributed by atoms with E-state index in [0.29, 0.717) is 0 Å². The molecule has 1 N–H and O–H groups in total. The van der Waals surface area contributed by atoms with E-state index >= 15 is 0 Å². The lowest BCUT2D eigenvalue weighted by Gasteiger charge is -2.05. The molecule has 0 bridgehead atoms. The summed E-state index contributed by atoms with van der Waals surface area (Å²) < 4.78 is 0. The van der Waals surface area contributed by atoms with Gasteiger partial charge in [0.15, 0.2) is 0 Å². The largest absolute Gasteiger partial charge is 0.508 e. The highest BCUT2D eigenvalue weighted by atomic mass is 16.3. The molecule has 0 unspecified atom stereocenters. The molecule has 0 heterocycles. The zero-order valence-electron chi connectivity index (χ0n) is 8.09. The van der Waals surface area contributed by atoms with Crippen LogP contribution in [0.2, 0.25) is 0 Å². The Labute approximate surface area is 79.0 Å². The summed E-state index contributed by atoms with van der Waals surface area (Å²) in [4.78, 5) is 0. The van der Waals surface area contributed by atoms with Crippen LogP contribution in [0.15, 0.2) is 31.4 Å². The molecule has 1 heteroatoms. The molecule has 0 aliphatic heterocycles. The van der Waals surface area contributed by atoms with Gasteiger partial charge in [-0.25, -0.2) is 0 Å². The molecule has 0 saturated carbocycles. The van der Waals surface area contributed by atoms with Crippen LogP contribution in [0.3, 0.4) is 0 Å². The first-order valence-corrected chi connectivity index (χ1v) is 4.16. The zero-order valence-corrected chi connectivity index (χ0v) is 8.09. The van der Waals surface area contributed by atoms with Crippen LogP contribution in [0.4, 0.5) is 0 Å². The third-order valence-electron chi connectivity index (χ3n) is 1.90. The van der Waals surface area contributed by atoms with Gasteiger partial charge in [0.05, 0.1) is 0 Å². The lowest BCUT2D eigenvalue weighted by atomic mass is 10.0. The molecule has 0 saturated heterocycles. The number of phenols is 1. The standard InChI is InChI=1S/C12H14O/c1-8(2)10-5-11(9(3)4)7-12(13)6-10/h5-7,13H,1,3H2,2,4H3. The Bertz CT molecular complexity index is 329. The van der Waals surface area contributed by atoms with Crippen molar-refractivity contribution < 1.29 is 5.11 Å². The quantitative estimate of drug-likeness (QED) is 0.728. The molecular weight excluding hydrogens is 160 g/mol. The molecule has 0 spiro atoms. The normalized spacial score (nSPS) is 9.69. The molecule has 1 nitrogen and oxygen atoms in total. The maximum absolute atomic E-state index is 9.41. The van der Waals surface area contributed by atoms with Crippen molar-refractivity contribution in [2.24, 2.45) is 0 Å². The lowest BCUT2D eigenvalue weighted by Crippen LogP contribution is -1.83. The molecule has 0 aliphatic carbocycles. The predicted octanol–water partition coefficient (Wildman–Crippen LogP) is 3.46. The van der Waals surface area contributed by atoms with Crippen LogP contribution >= 0.6 is 0 Å². The van der Waals surface area contributed by atoms with Gasteiger partial charge in [-0.3, -0.25) is 0 Å². The molecule has 0 aliphatic rings. The number of benzene rings is 1. The Kier molecular flexibility index (Phi) is 2.57. The van der Waals surface area contributed by atoms with Crippen LogP contribution in [-0.2, 0) is 0 Å². The van der Waals surface area contributed by atoms with Gasteiger partial charge >= 0.3 is 0 Å². The summed E-state index contributed by atoms with van der Waals surface area (Å²) in [7, 11) is 0. The molecule has 1 aromatic carbocycles. The van der Waals surface area contributed by atoms with Crippen molar-refractivity contribution in [2.45, 2.75) is 13.8 Å². The molecule has 1 rings (SSSR count). The summed E-state index contributed by atoms with van der Waals surface area (Å²) in [6.07, 6.45) is 0. The van der Waals surface area contributed by atoms with E-state index in [4.69, 9.17) is 0 Å². The van der Waals surface area contributed by atoms with Crippen LogP contribution in [-0.4, -0.2) is 5.11 Å². The van der Waals surface area contributed by atoms with Crippen molar-refractivity contribution >= 4 is 11.1 Å². The average molecular weight is 174 g/mol. The Morgan fingerprint density at radius 2 is 1.38 bits per heavy atom. The van der Waals surface area contributed by atoms with Crippen molar-refractivity contribution in [2.75, 3.05) is 0 Å². The lowest BCUT2D eigenvalue weighted by molar-refractivity contribution is 0.475. The zero-order chi connectivity index (χ0) is 10.0. The highest BCUT2D eigenvalue weighted by Crippen LogP contribution is 2.24. The average Bonchev–Trinajstić information content (AvgIpc) is 2.03. The Morgan fingerprint density at radius 3 is 1.69 bits per heavy atom. The second-order valence-corrected chi connectivity index (χ2v) is 3.33. The first kappa shape index (κ1) is 9.59.